The number of nitrogens with zero attached hydrogens (tertiary/aromatic N) is 1. The van der Waals surface area contributed by atoms with Gasteiger partial charge in [0.15, 0.2) is 0 Å². The summed E-state index contributed by atoms with van der Waals surface area (Å²) in [4.78, 5) is 2.59. The van der Waals surface area contributed by atoms with Crippen molar-refractivity contribution in [2.45, 2.75) is 32.1 Å². The summed E-state index contributed by atoms with van der Waals surface area (Å²) >= 11 is 3.96. The van der Waals surface area contributed by atoms with Gasteiger partial charge in [0.1, 0.15) is 0 Å². The molecular weight excluding hydrogens is 168 g/mol. The molecule has 1 N–H and O–H groups in total. The second-order valence-corrected chi connectivity index (χ2v) is 3.83. The molecule has 0 unspecified atom stereocenters. The van der Waals surface area contributed by atoms with E-state index in [9.17, 15) is 0 Å². The van der Waals surface area contributed by atoms with Crippen molar-refractivity contribution in [1.29, 1.82) is 0 Å². The molecule has 0 spiro atoms. The first kappa shape index (κ1) is 10.4. The van der Waals surface area contributed by atoms with Crippen LogP contribution in [0.2, 0.25) is 0 Å². The Morgan fingerprint density at radius 3 is 2.50 bits per heavy atom. The lowest BCUT2D eigenvalue weighted by Gasteiger charge is -2.26. The maximum atomic E-state index is 3.96. The highest BCUT2D eigenvalue weighted by molar-refractivity contribution is 7.78. The van der Waals surface area contributed by atoms with Crippen LogP contribution in [0.5, 0.6) is 0 Å². The summed E-state index contributed by atoms with van der Waals surface area (Å²) in [6.07, 6.45) is 6.82. The van der Waals surface area contributed by atoms with E-state index in [0.717, 1.165) is 6.54 Å². The van der Waals surface area contributed by atoms with E-state index in [1.165, 1.54) is 51.7 Å². The number of hydrogen-bond donors (Lipinski definition) is 2. The van der Waals surface area contributed by atoms with Gasteiger partial charge in [-0.25, -0.2) is 0 Å². The topological polar surface area (TPSA) is 15.3 Å². The highest BCUT2D eigenvalue weighted by Gasteiger charge is 2.08. The lowest BCUT2D eigenvalue weighted by atomic mass is 10.1. The fourth-order valence-electron chi connectivity index (χ4n) is 1.72. The van der Waals surface area contributed by atoms with Crippen LogP contribution in [0.3, 0.4) is 0 Å². The molecule has 0 amide bonds. The van der Waals surface area contributed by atoms with Gasteiger partial charge in [-0.3, -0.25) is 4.72 Å². The van der Waals surface area contributed by atoms with Crippen molar-refractivity contribution >= 4 is 12.8 Å². The number of piperidine rings is 1. The van der Waals surface area contributed by atoms with Gasteiger partial charge in [0.25, 0.3) is 0 Å². The molecule has 2 nitrogen and oxygen atoms in total. The smallest absolute Gasteiger partial charge is 0.00566 e. The molecule has 1 fully saturated rings. The highest BCUT2D eigenvalue weighted by atomic mass is 32.1. The van der Waals surface area contributed by atoms with Crippen molar-refractivity contribution in [3.63, 3.8) is 0 Å². The second-order valence-electron chi connectivity index (χ2n) is 3.52. The number of rotatable bonds is 5. The van der Waals surface area contributed by atoms with Gasteiger partial charge in [0.2, 0.25) is 0 Å². The van der Waals surface area contributed by atoms with Crippen molar-refractivity contribution < 1.29 is 0 Å². The van der Waals surface area contributed by atoms with Crippen molar-refractivity contribution in [3.05, 3.63) is 0 Å². The monoisotopic (exact) mass is 188 g/mol. The maximum absolute atomic E-state index is 3.96. The van der Waals surface area contributed by atoms with Crippen LogP contribution in [0.1, 0.15) is 32.1 Å². The van der Waals surface area contributed by atoms with Crippen LogP contribution < -0.4 is 4.72 Å². The Bertz CT molecular complexity index is 103. The van der Waals surface area contributed by atoms with E-state index in [4.69, 9.17) is 0 Å². The summed E-state index contributed by atoms with van der Waals surface area (Å²) in [5, 5.41) is 0. The minimum atomic E-state index is 1.04. The molecule has 1 aliphatic rings. The summed E-state index contributed by atoms with van der Waals surface area (Å²) in [6.45, 7) is 4.98. The van der Waals surface area contributed by atoms with E-state index in [1.54, 1.807) is 0 Å². The predicted octanol–water partition coefficient (Wildman–Crippen LogP) is 1.69. The van der Waals surface area contributed by atoms with Crippen LogP contribution in [-0.4, -0.2) is 31.1 Å². The molecule has 0 radical (unpaired) electrons. The summed E-state index contributed by atoms with van der Waals surface area (Å²) in [6, 6.07) is 0. The molecule has 0 saturated carbocycles. The van der Waals surface area contributed by atoms with E-state index < -0.39 is 0 Å². The summed E-state index contributed by atoms with van der Waals surface area (Å²) < 4.78 is 2.88. The van der Waals surface area contributed by atoms with Crippen LogP contribution in [0.4, 0.5) is 0 Å². The van der Waals surface area contributed by atoms with Gasteiger partial charge in [0.05, 0.1) is 0 Å². The zero-order valence-corrected chi connectivity index (χ0v) is 8.65. The van der Waals surface area contributed by atoms with Crippen LogP contribution in [-0.2, 0) is 0 Å². The molecule has 1 aliphatic heterocycles. The molecule has 12 heavy (non-hydrogen) atoms. The Kier molecular flexibility index (Phi) is 5.82. The Hall–Kier alpha value is 0.270. The van der Waals surface area contributed by atoms with Gasteiger partial charge in [-0.15, -0.1) is 0 Å². The molecule has 1 heterocycles. The van der Waals surface area contributed by atoms with E-state index in [1.807, 2.05) is 0 Å². The van der Waals surface area contributed by atoms with Gasteiger partial charge in [0, 0.05) is 6.54 Å². The first-order valence-corrected chi connectivity index (χ1v) is 5.47. The third kappa shape index (κ3) is 4.33. The standard InChI is InChI=1S/C9H20N2S/c12-10-6-2-5-9-11-7-3-1-4-8-11/h10,12H,1-9H2. The Morgan fingerprint density at radius 1 is 1.08 bits per heavy atom. The van der Waals surface area contributed by atoms with Crippen molar-refractivity contribution in [1.82, 2.24) is 9.62 Å². The van der Waals surface area contributed by atoms with Gasteiger partial charge in [-0.2, -0.15) is 0 Å². The average Bonchev–Trinajstić information content (AvgIpc) is 2.14. The van der Waals surface area contributed by atoms with Crippen LogP contribution in [0.15, 0.2) is 0 Å². The Morgan fingerprint density at radius 2 is 1.83 bits per heavy atom. The zero-order valence-electron chi connectivity index (χ0n) is 7.76. The van der Waals surface area contributed by atoms with Crippen LogP contribution in [0, 0.1) is 0 Å². The van der Waals surface area contributed by atoms with Crippen molar-refractivity contribution in [2.75, 3.05) is 26.2 Å². The van der Waals surface area contributed by atoms with Gasteiger partial charge in [-0.05, 0) is 45.3 Å². The molecule has 0 atom stereocenters. The van der Waals surface area contributed by atoms with Crippen LogP contribution in [0.25, 0.3) is 0 Å². The minimum absolute atomic E-state index is 1.04. The fraction of sp³-hybridized carbons (Fsp3) is 1.00. The number of likely N-dealkylation sites (tertiary alicyclic amines) is 1. The first-order chi connectivity index (χ1) is 5.93. The highest BCUT2D eigenvalue weighted by Crippen LogP contribution is 2.08. The third-order valence-electron chi connectivity index (χ3n) is 2.46. The predicted molar refractivity (Wildman–Crippen MR) is 56.5 cm³/mol. The quantitative estimate of drug-likeness (QED) is 0.504. The lowest BCUT2D eigenvalue weighted by Crippen LogP contribution is -2.30. The summed E-state index contributed by atoms with van der Waals surface area (Å²) in [5.74, 6) is 0. The van der Waals surface area contributed by atoms with Crippen molar-refractivity contribution in [2.24, 2.45) is 0 Å². The van der Waals surface area contributed by atoms with Crippen molar-refractivity contribution in [3.8, 4) is 0 Å². The zero-order chi connectivity index (χ0) is 8.65. The molecule has 1 saturated heterocycles. The normalized spacial score (nSPS) is 19.8. The number of hydrogen-bond acceptors (Lipinski definition) is 3. The summed E-state index contributed by atoms with van der Waals surface area (Å²) in [5.41, 5.74) is 0. The molecule has 0 bridgehead atoms. The molecule has 0 aromatic heterocycles. The van der Waals surface area contributed by atoms with E-state index in [0.29, 0.717) is 0 Å². The third-order valence-corrected chi connectivity index (χ3v) is 2.69. The molecule has 0 aliphatic carbocycles. The average molecular weight is 188 g/mol. The Labute approximate surface area is 81.3 Å². The van der Waals surface area contributed by atoms with E-state index in [-0.39, 0.29) is 0 Å². The summed E-state index contributed by atoms with van der Waals surface area (Å²) in [7, 11) is 0. The maximum Gasteiger partial charge on any atom is 0.00566 e. The molecule has 72 valence electrons. The number of nitrogens with one attached hydrogen (secondary N) is 1. The Balaban J connectivity index is 1.91. The fourth-order valence-corrected chi connectivity index (χ4v) is 1.88. The molecular formula is C9H20N2S. The van der Waals surface area contributed by atoms with Crippen LogP contribution >= 0.6 is 12.8 Å². The van der Waals surface area contributed by atoms with E-state index >= 15 is 0 Å². The number of unbranched alkanes of at least 4 members (excludes halogenated alkanes) is 1. The molecule has 3 heteroatoms. The second kappa shape index (κ2) is 6.75. The SMILES string of the molecule is SNCCCCN1CCCCC1. The first-order valence-electron chi connectivity index (χ1n) is 5.03. The molecule has 0 aromatic carbocycles. The molecule has 1 rings (SSSR count). The largest absolute Gasteiger partial charge is 0.303 e. The van der Waals surface area contributed by atoms with Gasteiger partial charge < -0.3 is 4.90 Å². The van der Waals surface area contributed by atoms with Gasteiger partial charge in [-0.1, -0.05) is 19.2 Å². The lowest BCUT2D eigenvalue weighted by molar-refractivity contribution is 0.225. The van der Waals surface area contributed by atoms with Gasteiger partial charge >= 0.3 is 0 Å². The number of thiol groups is 1. The van der Waals surface area contributed by atoms with E-state index in [2.05, 4.69) is 22.4 Å². The minimum Gasteiger partial charge on any atom is -0.303 e. The molecule has 0 aromatic rings.